The molecule has 3 aromatic rings. The minimum absolute atomic E-state index is 0.00270. The van der Waals surface area contributed by atoms with Crippen molar-refractivity contribution in [1.82, 2.24) is 25.0 Å². The molecule has 1 aromatic carbocycles. The van der Waals surface area contributed by atoms with Gasteiger partial charge in [-0.2, -0.15) is 9.94 Å². The lowest BCUT2D eigenvalue weighted by Gasteiger charge is -2.12. The first-order chi connectivity index (χ1) is 14.2. The molecule has 3 rings (SSSR count). The molecule has 0 spiro atoms. The van der Waals surface area contributed by atoms with E-state index in [1.807, 2.05) is 10.1 Å². The number of nitrogens with one attached hydrogen (secondary N) is 2. The van der Waals surface area contributed by atoms with E-state index < -0.39 is 35.3 Å². The van der Waals surface area contributed by atoms with Gasteiger partial charge in [-0.05, 0) is 12.1 Å². The van der Waals surface area contributed by atoms with Crippen LogP contribution < -0.4 is 21.5 Å². The number of alkyl halides is 2. The number of benzene rings is 1. The summed E-state index contributed by atoms with van der Waals surface area (Å²) < 4.78 is 31.2. The van der Waals surface area contributed by atoms with Gasteiger partial charge in [0.2, 0.25) is 18.0 Å². The molecule has 154 valence electrons. The topological polar surface area (TPSA) is 147 Å². The molecule has 0 unspecified atom stereocenters. The van der Waals surface area contributed by atoms with E-state index in [1.165, 1.54) is 18.2 Å². The van der Waals surface area contributed by atoms with E-state index >= 15 is 0 Å². The summed E-state index contributed by atoms with van der Waals surface area (Å²) in [7, 11) is 0. The molecule has 10 nitrogen and oxygen atoms in total. The molecule has 30 heavy (non-hydrogen) atoms. The molecule has 0 aliphatic carbocycles. The second-order valence-corrected chi connectivity index (χ2v) is 6.44. The van der Waals surface area contributed by atoms with Gasteiger partial charge in [0, 0.05) is 18.1 Å². The molecule has 0 saturated heterocycles. The van der Waals surface area contributed by atoms with E-state index in [9.17, 15) is 23.2 Å². The lowest BCUT2D eigenvalue weighted by molar-refractivity contribution is 0.148. The Kier molecular flexibility index (Phi) is 5.95. The molecule has 0 radical (unpaired) electrons. The van der Waals surface area contributed by atoms with Crippen LogP contribution in [0, 0.1) is 11.3 Å². The Hall–Kier alpha value is -3.56. The second kappa shape index (κ2) is 8.44. The van der Waals surface area contributed by atoms with Gasteiger partial charge in [-0.3, -0.25) is 14.6 Å². The van der Waals surface area contributed by atoms with Crippen molar-refractivity contribution in [3.05, 3.63) is 70.7 Å². The maximum absolute atomic E-state index is 12.6. The van der Waals surface area contributed by atoms with Crippen molar-refractivity contribution < 1.29 is 13.5 Å². The fourth-order valence-electron chi connectivity index (χ4n) is 2.31. The Morgan fingerprint density at radius 3 is 2.43 bits per heavy atom. The highest BCUT2D eigenvalue weighted by atomic mass is 35.5. The minimum atomic E-state index is -2.76. The first-order valence-electron chi connectivity index (χ1n) is 7.87. The van der Waals surface area contributed by atoms with Crippen molar-refractivity contribution >= 4 is 23.2 Å². The van der Waals surface area contributed by atoms with E-state index in [2.05, 4.69) is 10.2 Å². The molecule has 0 fully saturated rings. The summed E-state index contributed by atoms with van der Waals surface area (Å²) in [6, 6.07) is 4.94. The number of ether oxygens (including phenoxy) is 1. The van der Waals surface area contributed by atoms with Crippen LogP contribution in [0.1, 0.15) is 11.3 Å². The zero-order valence-electron chi connectivity index (χ0n) is 14.5. The van der Waals surface area contributed by atoms with Crippen LogP contribution in [0.25, 0.3) is 5.69 Å². The maximum Gasteiger partial charge on any atom is 0.349 e. The molecule has 2 aromatic heterocycles. The Morgan fingerprint density at radius 1 is 1.17 bits per heavy atom. The van der Waals surface area contributed by atoms with Gasteiger partial charge >= 0.3 is 5.69 Å². The van der Waals surface area contributed by atoms with Gasteiger partial charge in [0.05, 0.1) is 15.7 Å². The molecule has 2 N–H and O–H groups in total. The predicted octanol–water partition coefficient (Wildman–Crippen LogP) is 1.78. The summed E-state index contributed by atoms with van der Waals surface area (Å²) in [5.41, 5.74) is -3.52. The van der Waals surface area contributed by atoms with Crippen LogP contribution in [0.15, 0.2) is 32.6 Å². The summed E-state index contributed by atoms with van der Waals surface area (Å²) >= 11 is 12.3. The molecule has 0 aliphatic rings. The summed E-state index contributed by atoms with van der Waals surface area (Å²) in [5.74, 6) is -0.407. The fourth-order valence-corrected chi connectivity index (χ4v) is 2.87. The highest BCUT2D eigenvalue weighted by Gasteiger charge is 2.17. The largest absolute Gasteiger partial charge is 0.434 e. The third-order valence-corrected chi connectivity index (χ3v) is 4.16. The van der Waals surface area contributed by atoms with Crippen LogP contribution in [0.3, 0.4) is 0 Å². The van der Waals surface area contributed by atoms with Gasteiger partial charge in [-0.25, -0.2) is 18.7 Å². The number of nitriles is 1. The van der Waals surface area contributed by atoms with Gasteiger partial charge < -0.3 is 4.74 Å². The number of halogens is 4. The van der Waals surface area contributed by atoms with Crippen LogP contribution in [0.2, 0.25) is 10.0 Å². The van der Waals surface area contributed by atoms with Crippen molar-refractivity contribution in [2.24, 2.45) is 0 Å². The highest BCUT2D eigenvalue weighted by Crippen LogP contribution is 2.37. The third kappa shape index (κ3) is 4.37. The van der Waals surface area contributed by atoms with E-state index in [1.54, 1.807) is 0 Å². The number of hydrogen-bond donors (Lipinski definition) is 2. The third-order valence-electron chi connectivity index (χ3n) is 3.60. The van der Waals surface area contributed by atoms with Crippen LogP contribution >= 0.6 is 23.2 Å². The van der Waals surface area contributed by atoms with E-state index in [-0.39, 0.29) is 32.9 Å². The lowest BCUT2D eigenvalue weighted by Crippen LogP contribution is -2.33. The van der Waals surface area contributed by atoms with Crippen molar-refractivity contribution in [2.45, 2.75) is 12.8 Å². The van der Waals surface area contributed by atoms with Crippen molar-refractivity contribution in [1.29, 1.82) is 5.26 Å². The number of aromatic amines is 2. The Balaban J connectivity index is 2.01. The van der Waals surface area contributed by atoms with Gasteiger partial charge in [0.1, 0.15) is 6.07 Å². The van der Waals surface area contributed by atoms with Crippen molar-refractivity contribution in [3.8, 4) is 23.4 Å². The first-order valence-corrected chi connectivity index (χ1v) is 8.63. The van der Waals surface area contributed by atoms with Gasteiger partial charge in [-0.15, -0.1) is 10.2 Å². The quantitative estimate of drug-likeness (QED) is 0.594. The second-order valence-electron chi connectivity index (χ2n) is 5.63. The van der Waals surface area contributed by atoms with E-state index in [0.717, 1.165) is 6.07 Å². The summed E-state index contributed by atoms with van der Waals surface area (Å²) in [4.78, 5) is 36.9. The zero-order chi connectivity index (χ0) is 22.0. The van der Waals surface area contributed by atoms with Gasteiger partial charge in [-0.1, -0.05) is 23.2 Å². The number of H-pyrrole nitrogens is 2. The van der Waals surface area contributed by atoms with Crippen molar-refractivity contribution in [2.75, 3.05) is 0 Å². The summed E-state index contributed by atoms with van der Waals surface area (Å²) in [6.07, 6.45) is -3.56. The van der Waals surface area contributed by atoms with Crippen LogP contribution in [0.5, 0.6) is 11.6 Å². The van der Waals surface area contributed by atoms with Gasteiger partial charge in [0.15, 0.2) is 5.75 Å². The van der Waals surface area contributed by atoms with Crippen LogP contribution in [-0.4, -0.2) is 31.4 Å². The molecule has 14 heteroatoms. The summed E-state index contributed by atoms with van der Waals surface area (Å²) in [5, 5.41) is 17.9. The molecule has 2 heterocycles. The Morgan fingerprint density at radius 2 is 1.83 bits per heavy atom. The summed E-state index contributed by atoms with van der Waals surface area (Å²) in [6.45, 7) is 0. The predicted molar refractivity (Wildman–Crippen MR) is 99.8 cm³/mol. The number of aromatic nitrogens is 5. The molecule has 0 aliphatic heterocycles. The smallest absolute Gasteiger partial charge is 0.349 e. The molecule has 0 amide bonds. The molecule has 0 bridgehead atoms. The number of nitrogens with zero attached hydrogens (tertiary/aromatic N) is 4. The average Bonchev–Trinajstić information content (AvgIpc) is 2.66. The Bertz CT molecular complexity index is 1320. The molecule has 0 atom stereocenters. The van der Waals surface area contributed by atoms with Crippen LogP contribution in [-0.2, 0) is 6.42 Å². The number of rotatable bonds is 5. The van der Waals surface area contributed by atoms with E-state index in [0.29, 0.717) is 4.68 Å². The lowest BCUT2D eigenvalue weighted by atomic mass is 10.2. The molecular weight excluding hydrogens is 449 g/mol. The van der Waals surface area contributed by atoms with Crippen molar-refractivity contribution in [3.63, 3.8) is 0 Å². The van der Waals surface area contributed by atoms with E-state index in [4.69, 9.17) is 33.2 Å². The average molecular weight is 457 g/mol. The normalized spacial score (nSPS) is 10.8. The van der Waals surface area contributed by atoms with Gasteiger partial charge in [0.25, 0.3) is 11.1 Å². The fraction of sp³-hybridized carbons (Fsp3) is 0.125. The molecular formula is C16H8Cl2F2N6O4. The monoisotopic (exact) mass is 456 g/mol. The van der Waals surface area contributed by atoms with Crippen LogP contribution in [0.4, 0.5) is 8.78 Å². The first kappa shape index (κ1) is 21.2. The zero-order valence-corrected chi connectivity index (χ0v) is 16.0. The SMILES string of the molecule is N#Cc1nn(-c2cc(Cl)c(Oc3cc(CC(F)F)c(=O)[nH]n3)c(Cl)c2)c(=O)[nH]c1=O. The number of hydrogen-bond acceptors (Lipinski definition) is 7. The Labute approximate surface area is 174 Å². The molecule has 0 saturated carbocycles. The minimum Gasteiger partial charge on any atom is -0.434 e. The standard InChI is InChI=1S/C16H8Cl2F2N6O4/c17-8-3-7(26-16(29)22-15(28)10(5-21)25-26)4-9(18)13(8)30-12-2-6(1-11(19)20)14(27)24-23-12/h2-4,11H,1H2,(H,24,27)(H,22,28,29). The maximum atomic E-state index is 12.6. The highest BCUT2D eigenvalue weighted by molar-refractivity contribution is 6.37.